The number of rotatable bonds is 7. The van der Waals surface area contributed by atoms with Crippen LogP contribution >= 0.6 is 11.6 Å². The monoisotopic (exact) mass is 294 g/mol. The fourth-order valence-electron chi connectivity index (χ4n) is 2.36. The van der Waals surface area contributed by atoms with Gasteiger partial charge in [-0.25, -0.2) is 0 Å². The zero-order valence-electron chi connectivity index (χ0n) is 12.4. The van der Waals surface area contributed by atoms with E-state index in [1.54, 1.807) is 7.11 Å². The molecule has 2 rings (SSSR count). The highest BCUT2D eigenvalue weighted by Crippen LogP contribution is 2.25. The molecule has 1 N–H and O–H groups in total. The van der Waals surface area contributed by atoms with Gasteiger partial charge in [0.15, 0.2) is 0 Å². The van der Waals surface area contributed by atoms with Crippen LogP contribution in [0.2, 0.25) is 5.02 Å². The van der Waals surface area contributed by atoms with Crippen LogP contribution in [0.3, 0.4) is 0 Å². The van der Waals surface area contributed by atoms with Gasteiger partial charge >= 0.3 is 0 Å². The molecule has 4 heteroatoms. The van der Waals surface area contributed by atoms with Crippen LogP contribution < -0.4 is 5.32 Å². The molecule has 0 saturated carbocycles. The minimum absolute atomic E-state index is 0.481. The van der Waals surface area contributed by atoms with E-state index in [0.29, 0.717) is 6.04 Å². The van der Waals surface area contributed by atoms with E-state index in [9.17, 15) is 0 Å². The Kier molecular flexibility index (Phi) is 5.46. The van der Waals surface area contributed by atoms with Crippen LogP contribution in [0.5, 0.6) is 0 Å². The minimum atomic E-state index is 0.481. The molecule has 0 atom stereocenters. The molecule has 0 bridgehead atoms. The number of hydrogen-bond acceptors (Lipinski definition) is 2. The maximum absolute atomic E-state index is 6.14. The number of benzene rings is 1. The van der Waals surface area contributed by atoms with Gasteiger partial charge in [0.05, 0.1) is 0 Å². The maximum atomic E-state index is 6.14. The minimum Gasteiger partial charge on any atom is -0.385 e. The van der Waals surface area contributed by atoms with Crippen LogP contribution in [0, 0.1) is 0 Å². The molecule has 2 aromatic rings. The van der Waals surface area contributed by atoms with Crippen LogP contribution in [-0.2, 0) is 17.8 Å². The van der Waals surface area contributed by atoms with Gasteiger partial charge in [-0.3, -0.25) is 0 Å². The first-order valence-electron chi connectivity index (χ1n) is 7.11. The summed E-state index contributed by atoms with van der Waals surface area (Å²) in [5, 5.41) is 5.54. The molecule has 110 valence electrons. The smallest absolute Gasteiger partial charge is 0.0498 e. The van der Waals surface area contributed by atoms with E-state index >= 15 is 0 Å². The lowest BCUT2D eigenvalue weighted by atomic mass is 10.1. The summed E-state index contributed by atoms with van der Waals surface area (Å²) >= 11 is 6.14. The molecular weight excluding hydrogens is 272 g/mol. The van der Waals surface area contributed by atoms with Gasteiger partial charge in [0, 0.05) is 55.0 Å². The van der Waals surface area contributed by atoms with E-state index in [1.165, 1.54) is 16.5 Å². The zero-order valence-corrected chi connectivity index (χ0v) is 13.2. The number of methoxy groups -OCH3 is 1. The Bertz CT molecular complexity index is 563. The second kappa shape index (κ2) is 7.11. The van der Waals surface area contributed by atoms with Crippen LogP contribution in [0.25, 0.3) is 10.9 Å². The van der Waals surface area contributed by atoms with Crippen molar-refractivity contribution in [3.05, 3.63) is 35.0 Å². The lowest BCUT2D eigenvalue weighted by molar-refractivity contribution is 0.190. The molecule has 0 aliphatic heterocycles. The second-order valence-corrected chi connectivity index (χ2v) is 5.83. The molecule has 3 nitrogen and oxygen atoms in total. The SMILES string of the molecule is COCCCn1cc(CNC(C)C)c2ccc(Cl)cc21. The first-order valence-corrected chi connectivity index (χ1v) is 7.49. The third-order valence-corrected chi connectivity index (χ3v) is 3.61. The molecule has 0 saturated heterocycles. The normalized spacial score (nSPS) is 11.7. The molecule has 1 heterocycles. The summed E-state index contributed by atoms with van der Waals surface area (Å²) in [5.41, 5.74) is 2.52. The van der Waals surface area contributed by atoms with Crippen molar-refractivity contribution < 1.29 is 4.74 Å². The Hall–Kier alpha value is -1.03. The summed E-state index contributed by atoms with van der Waals surface area (Å²) in [6, 6.07) is 6.60. The largest absolute Gasteiger partial charge is 0.385 e. The predicted molar refractivity (Wildman–Crippen MR) is 85.4 cm³/mol. The van der Waals surface area contributed by atoms with Gasteiger partial charge in [-0.05, 0) is 24.1 Å². The second-order valence-electron chi connectivity index (χ2n) is 5.39. The van der Waals surface area contributed by atoms with Crippen molar-refractivity contribution in [3.63, 3.8) is 0 Å². The van der Waals surface area contributed by atoms with Crippen LogP contribution in [-0.4, -0.2) is 24.3 Å². The fraction of sp³-hybridized carbons (Fsp3) is 0.500. The van der Waals surface area contributed by atoms with Gasteiger partial charge in [0.1, 0.15) is 0 Å². The molecule has 0 radical (unpaired) electrons. The molecule has 0 amide bonds. The topological polar surface area (TPSA) is 26.2 Å². The summed E-state index contributed by atoms with van der Waals surface area (Å²) in [4.78, 5) is 0. The van der Waals surface area contributed by atoms with Crippen molar-refractivity contribution in [2.75, 3.05) is 13.7 Å². The number of fused-ring (bicyclic) bond motifs is 1. The van der Waals surface area contributed by atoms with Crippen molar-refractivity contribution in [1.82, 2.24) is 9.88 Å². The Morgan fingerprint density at radius 3 is 2.85 bits per heavy atom. The number of hydrogen-bond donors (Lipinski definition) is 1. The maximum Gasteiger partial charge on any atom is 0.0498 e. The van der Waals surface area contributed by atoms with Gasteiger partial charge < -0.3 is 14.6 Å². The third-order valence-electron chi connectivity index (χ3n) is 3.38. The highest BCUT2D eigenvalue weighted by atomic mass is 35.5. The highest BCUT2D eigenvalue weighted by Gasteiger charge is 2.09. The van der Waals surface area contributed by atoms with Crippen molar-refractivity contribution in [1.29, 1.82) is 0 Å². The summed E-state index contributed by atoms with van der Waals surface area (Å²) in [5.74, 6) is 0. The quantitative estimate of drug-likeness (QED) is 0.786. The van der Waals surface area contributed by atoms with E-state index in [4.69, 9.17) is 16.3 Å². The standard InChI is InChI=1S/C16H23ClN2O/c1-12(2)18-10-13-11-19(7-4-8-20-3)16-9-14(17)5-6-15(13)16/h5-6,9,11-12,18H,4,7-8,10H2,1-3H3. The van der Waals surface area contributed by atoms with Crippen molar-refractivity contribution in [2.24, 2.45) is 0 Å². The van der Waals surface area contributed by atoms with E-state index in [0.717, 1.165) is 31.1 Å². The predicted octanol–water partition coefficient (Wildman–Crippen LogP) is 3.83. The summed E-state index contributed by atoms with van der Waals surface area (Å²) in [6.07, 6.45) is 3.23. The van der Waals surface area contributed by atoms with Crippen molar-refractivity contribution in [3.8, 4) is 0 Å². The first-order chi connectivity index (χ1) is 9.61. The van der Waals surface area contributed by atoms with E-state index in [2.05, 4.69) is 36.0 Å². The number of nitrogens with one attached hydrogen (secondary N) is 1. The number of aryl methyl sites for hydroxylation is 1. The van der Waals surface area contributed by atoms with Gasteiger partial charge in [0.2, 0.25) is 0 Å². The lowest BCUT2D eigenvalue weighted by Crippen LogP contribution is -2.21. The van der Waals surface area contributed by atoms with E-state index in [-0.39, 0.29) is 0 Å². The average Bonchev–Trinajstić information content (AvgIpc) is 2.74. The van der Waals surface area contributed by atoms with E-state index in [1.807, 2.05) is 12.1 Å². The molecule has 0 aliphatic carbocycles. The number of halogens is 1. The van der Waals surface area contributed by atoms with Gasteiger partial charge in [-0.2, -0.15) is 0 Å². The molecule has 1 aromatic heterocycles. The molecule has 20 heavy (non-hydrogen) atoms. The molecule has 0 unspecified atom stereocenters. The zero-order chi connectivity index (χ0) is 14.5. The van der Waals surface area contributed by atoms with Gasteiger partial charge in [-0.1, -0.05) is 31.5 Å². The number of nitrogens with zero attached hydrogens (tertiary/aromatic N) is 1. The van der Waals surface area contributed by atoms with Crippen LogP contribution in [0.4, 0.5) is 0 Å². The molecule has 0 fully saturated rings. The van der Waals surface area contributed by atoms with Gasteiger partial charge in [0.25, 0.3) is 0 Å². The summed E-state index contributed by atoms with van der Waals surface area (Å²) < 4.78 is 7.41. The average molecular weight is 295 g/mol. The fourth-order valence-corrected chi connectivity index (χ4v) is 2.53. The Morgan fingerprint density at radius 1 is 1.35 bits per heavy atom. The van der Waals surface area contributed by atoms with Crippen LogP contribution in [0.1, 0.15) is 25.8 Å². The molecular formula is C16H23ClN2O. The lowest BCUT2D eigenvalue weighted by Gasteiger charge is -2.06. The third kappa shape index (κ3) is 3.75. The highest BCUT2D eigenvalue weighted by molar-refractivity contribution is 6.31. The first kappa shape index (κ1) is 15.4. The summed E-state index contributed by atoms with van der Waals surface area (Å²) in [7, 11) is 1.74. The Labute approximate surface area is 125 Å². The van der Waals surface area contributed by atoms with Crippen molar-refractivity contribution in [2.45, 2.75) is 39.4 Å². The van der Waals surface area contributed by atoms with Gasteiger partial charge in [-0.15, -0.1) is 0 Å². The molecule has 0 aliphatic rings. The van der Waals surface area contributed by atoms with Crippen LogP contribution in [0.15, 0.2) is 24.4 Å². The number of ether oxygens (including phenoxy) is 1. The van der Waals surface area contributed by atoms with Crippen molar-refractivity contribution >= 4 is 22.5 Å². The molecule has 1 aromatic carbocycles. The Morgan fingerprint density at radius 2 is 2.15 bits per heavy atom. The number of aromatic nitrogens is 1. The summed E-state index contributed by atoms with van der Waals surface area (Å²) in [6.45, 7) is 6.93. The Balaban J connectivity index is 2.28. The molecule has 0 spiro atoms. The van der Waals surface area contributed by atoms with E-state index < -0.39 is 0 Å².